The van der Waals surface area contributed by atoms with E-state index in [1.54, 1.807) is 0 Å². The zero-order chi connectivity index (χ0) is 46.3. The van der Waals surface area contributed by atoms with Gasteiger partial charge in [-0.1, -0.05) is 151 Å². The molecule has 12 aromatic rings. The average molecular weight is 884 g/mol. The molecular weight excluding hydrogens is 833 g/mol. The minimum absolute atomic E-state index is 0.0632. The molecule has 0 saturated heterocycles. The Morgan fingerprint density at radius 3 is 1.93 bits per heavy atom. The fourth-order valence-electron chi connectivity index (χ4n) is 9.93. The van der Waals surface area contributed by atoms with E-state index in [0.717, 1.165) is 111 Å². The van der Waals surface area contributed by atoms with Crippen molar-refractivity contribution in [2.24, 2.45) is 0 Å². The van der Waals surface area contributed by atoms with Gasteiger partial charge in [-0.2, -0.15) is 9.13 Å². The van der Waals surface area contributed by atoms with Crippen LogP contribution in [0.2, 0.25) is 0 Å². The van der Waals surface area contributed by atoms with Crippen LogP contribution in [0, 0.1) is 0 Å². The smallest absolute Gasteiger partial charge is 0.255 e. The Labute approximate surface area is 395 Å². The molecule has 6 heteroatoms. The monoisotopic (exact) mass is 883 g/mol. The zero-order valence-corrected chi connectivity index (χ0v) is 39.2. The van der Waals surface area contributed by atoms with E-state index in [1.165, 1.54) is 5.56 Å². The van der Waals surface area contributed by atoms with Crippen molar-refractivity contribution in [3.8, 4) is 50.9 Å². The van der Waals surface area contributed by atoms with Gasteiger partial charge in [0.25, 0.3) is 6.33 Å². The van der Waals surface area contributed by atoms with Gasteiger partial charge < -0.3 is 9.15 Å². The molecule has 0 aliphatic heterocycles. The molecule has 68 heavy (non-hydrogen) atoms. The second-order valence-corrected chi connectivity index (χ2v) is 19.9. The van der Waals surface area contributed by atoms with E-state index in [9.17, 15) is 0 Å². The lowest BCUT2D eigenvalue weighted by Gasteiger charge is -2.21. The van der Waals surface area contributed by atoms with Crippen molar-refractivity contribution in [3.63, 3.8) is 0 Å². The van der Waals surface area contributed by atoms with Gasteiger partial charge in [-0.3, -0.25) is 4.57 Å². The maximum absolute atomic E-state index is 7.06. The van der Waals surface area contributed by atoms with E-state index in [2.05, 4.69) is 237 Å². The summed E-state index contributed by atoms with van der Waals surface area (Å²) in [6.07, 6.45) is 4.16. The van der Waals surface area contributed by atoms with Gasteiger partial charge in [0, 0.05) is 45.6 Å². The molecule has 4 aromatic heterocycles. The van der Waals surface area contributed by atoms with Gasteiger partial charge in [-0.25, -0.2) is 4.98 Å². The molecule has 0 aliphatic carbocycles. The highest BCUT2D eigenvalue weighted by atomic mass is 16.5. The first kappa shape index (κ1) is 41.2. The molecule has 4 heterocycles. The van der Waals surface area contributed by atoms with Crippen molar-refractivity contribution in [1.29, 1.82) is 0 Å². The fraction of sp³-hybridized carbons (Fsp3) is 0.129. The number of imidazole rings is 1. The van der Waals surface area contributed by atoms with E-state index in [0.29, 0.717) is 0 Å². The van der Waals surface area contributed by atoms with Crippen molar-refractivity contribution >= 4 is 54.8 Å². The SMILES string of the molecule is CC(C)(C)c1cc(Oc2ccc3c4c5oc6ccccc6c5ccc4n(-c4cc(C(C)(C)C)ccn4)c3c2)cc(-n2c[n+](-c3c(-c4ccccc4)cccc3-c3ccccc3)c3ccccc32)c1. The number of para-hydroxylation sites is 4. The zero-order valence-electron chi connectivity index (χ0n) is 39.2. The number of fused-ring (bicyclic) bond motifs is 8. The number of hydrogen-bond donors (Lipinski definition) is 0. The van der Waals surface area contributed by atoms with Crippen LogP contribution in [0.3, 0.4) is 0 Å². The van der Waals surface area contributed by atoms with Crippen LogP contribution in [0.4, 0.5) is 0 Å². The van der Waals surface area contributed by atoms with Crippen LogP contribution in [0.15, 0.2) is 205 Å². The molecule has 0 aliphatic rings. The molecule has 0 amide bonds. The Hall–Kier alpha value is -8.22. The molecular formula is C62H51N4O2+. The lowest BCUT2D eigenvalue weighted by Crippen LogP contribution is -2.30. The van der Waals surface area contributed by atoms with Crippen molar-refractivity contribution in [3.05, 3.63) is 212 Å². The summed E-state index contributed by atoms with van der Waals surface area (Å²) in [5, 5.41) is 4.31. The number of hydrogen-bond acceptors (Lipinski definition) is 3. The van der Waals surface area contributed by atoms with Gasteiger partial charge in [0.05, 0.1) is 16.4 Å². The minimum atomic E-state index is -0.175. The predicted molar refractivity (Wildman–Crippen MR) is 279 cm³/mol. The molecule has 0 spiro atoms. The summed E-state index contributed by atoms with van der Waals surface area (Å²) >= 11 is 0. The normalized spacial score (nSPS) is 12.3. The third kappa shape index (κ3) is 6.94. The third-order valence-corrected chi connectivity index (χ3v) is 13.4. The number of furan rings is 1. The molecule has 0 unspecified atom stereocenters. The Balaban J connectivity index is 1.04. The number of rotatable bonds is 7. The third-order valence-electron chi connectivity index (χ3n) is 13.4. The molecule has 6 nitrogen and oxygen atoms in total. The van der Waals surface area contributed by atoms with Gasteiger partial charge in [0.15, 0.2) is 11.0 Å². The summed E-state index contributed by atoms with van der Waals surface area (Å²) in [7, 11) is 0. The number of aromatic nitrogens is 4. The highest BCUT2D eigenvalue weighted by molar-refractivity contribution is 6.24. The quantitative estimate of drug-likeness (QED) is 0.150. The topological polar surface area (TPSA) is 49.0 Å². The molecule has 8 aromatic carbocycles. The number of pyridine rings is 1. The van der Waals surface area contributed by atoms with Gasteiger partial charge in [-0.05, 0) is 99.8 Å². The van der Waals surface area contributed by atoms with Gasteiger partial charge in [0.2, 0.25) is 0 Å². The molecule has 0 radical (unpaired) electrons. The predicted octanol–water partition coefficient (Wildman–Crippen LogP) is 16.0. The molecule has 12 rings (SSSR count). The average Bonchev–Trinajstić information content (AvgIpc) is 4.03. The summed E-state index contributed by atoms with van der Waals surface area (Å²) in [5.41, 5.74) is 14.8. The maximum atomic E-state index is 7.06. The van der Waals surface area contributed by atoms with Crippen LogP contribution >= 0.6 is 0 Å². The minimum Gasteiger partial charge on any atom is -0.457 e. The lowest BCUT2D eigenvalue weighted by molar-refractivity contribution is -0.566. The first-order chi connectivity index (χ1) is 33.0. The summed E-state index contributed by atoms with van der Waals surface area (Å²) in [6.45, 7) is 13.5. The lowest BCUT2D eigenvalue weighted by atomic mass is 9.86. The molecule has 0 atom stereocenters. The Bertz CT molecular complexity index is 3840. The summed E-state index contributed by atoms with van der Waals surface area (Å²) < 4.78 is 20.7. The summed E-state index contributed by atoms with van der Waals surface area (Å²) in [5.74, 6) is 2.32. The van der Waals surface area contributed by atoms with Crippen LogP contribution in [0.5, 0.6) is 11.5 Å². The largest absolute Gasteiger partial charge is 0.457 e. The molecule has 0 fully saturated rings. The Kier molecular flexibility index (Phi) is 9.52. The van der Waals surface area contributed by atoms with E-state index in [4.69, 9.17) is 14.1 Å². The number of ether oxygens (including phenoxy) is 1. The second-order valence-electron chi connectivity index (χ2n) is 19.9. The van der Waals surface area contributed by atoms with E-state index >= 15 is 0 Å². The van der Waals surface area contributed by atoms with Crippen LogP contribution in [-0.2, 0) is 10.8 Å². The summed E-state index contributed by atoms with van der Waals surface area (Å²) in [6, 6.07) is 66.7. The Morgan fingerprint density at radius 2 is 1.19 bits per heavy atom. The van der Waals surface area contributed by atoms with E-state index in [-0.39, 0.29) is 10.8 Å². The van der Waals surface area contributed by atoms with Crippen molar-refractivity contribution < 1.29 is 13.7 Å². The van der Waals surface area contributed by atoms with Crippen LogP contribution in [0.25, 0.3) is 94.2 Å². The first-order valence-corrected chi connectivity index (χ1v) is 23.4. The van der Waals surface area contributed by atoms with Crippen LogP contribution in [-0.4, -0.2) is 14.1 Å². The molecule has 330 valence electrons. The number of nitrogens with zero attached hydrogens (tertiary/aromatic N) is 4. The second kappa shape index (κ2) is 15.7. The highest BCUT2D eigenvalue weighted by Gasteiger charge is 2.27. The fourth-order valence-corrected chi connectivity index (χ4v) is 9.93. The first-order valence-electron chi connectivity index (χ1n) is 23.4. The van der Waals surface area contributed by atoms with Gasteiger partial charge >= 0.3 is 0 Å². The summed E-state index contributed by atoms with van der Waals surface area (Å²) in [4.78, 5) is 5.00. The standard InChI is InChI=1S/C62H51N4O2/c1-61(2,3)42-32-33-63-57(36-42)66-54-31-30-50-49-22-13-16-27-56(49)68-60(50)58(54)51-29-28-45(38-55(51)66)67-46-35-43(62(4,5)6)34-44(37-46)64-39-65(53-26-15-14-25-52(53)64)59-47(40-18-9-7-10-19-40)23-17-24-48(59)41-20-11-8-12-21-41/h7-39H,1-6H3/q+1. The van der Waals surface area contributed by atoms with Crippen molar-refractivity contribution in [2.75, 3.05) is 0 Å². The molecule has 0 saturated carbocycles. The van der Waals surface area contributed by atoms with Crippen LogP contribution < -0.4 is 9.30 Å². The van der Waals surface area contributed by atoms with E-state index < -0.39 is 0 Å². The van der Waals surface area contributed by atoms with E-state index in [1.807, 2.05) is 18.3 Å². The van der Waals surface area contributed by atoms with Crippen LogP contribution in [0.1, 0.15) is 52.7 Å². The highest BCUT2D eigenvalue weighted by Crippen LogP contribution is 2.43. The molecule has 0 bridgehead atoms. The van der Waals surface area contributed by atoms with Crippen molar-refractivity contribution in [2.45, 2.75) is 52.4 Å². The van der Waals surface area contributed by atoms with Gasteiger partial charge in [-0.15, -0.1) is 0 Å². The molecule has 0 N–H and O–H groups in total. The Morgan fingerprint density at radius 1 is 0.515 bits per heavy atom. The maximum Gasteiger partial charge on any atom is 0.255 e. The van der Waals surface area contributed by atoms with Gasteiger partial charge in [0.1, 0.15) is 39.9 Å². The number of benzene rings is 8. The van der Waals surface area contributed by atoms with Crippen molar-refractivity contribution in [1.82, 2.24) is 14.1 Å².